The van der Waals surface area contributed by atoms with Gasteiger partial charge < -0.3 is 25.8 Å². The predicted molar refractivity (Wildman–Crippen MR) is 166 cm³/mol. The van der Waals surface area contributed by atoms with E-state index < -0.39 is 17.6 Å². The Morgan fingerprint density at radius 1 is 1.02 bits per heavy atom. The first-order chi connectivity index (χ1) is 19.3. The summed E-state index contributed by atoms with van der Waals surface area (Å²) in [4.78, 5) is 43.8. The van der Waals surface area contributed by atoms with E-state index >= 15 is 0 Å². The molecule has 1 aliphatic heterocycles. The molecular formula is C32H38ClN5O3. The number of hydrogen-bond donors (Lipinski definition) is 3. The molecule has 1 heterocycles. The highest BCUT2D eigenvalue weighted by Gasteiger charge is 2.38. The van der Waals surface area contributed by atoms with Crippen LogP contribution in [0.3, 0.4) is 0 Å². The van der Waals surface area contributed by atoms with E-state index in [0.717, 1.165) is 22.4 Å². The van der Waals surface area contributed by atoms with Crippen molar-refractivity contribution in [1.82, 2.24) is 10.6 Å². The van der Waals surface area contributed by atoms with Crippen molar-refractivity contribution in [3.05, 3.63) is 88.4 Å². The van der Waals surface area contributed by atoms with Gasteiger partial charge in [-0.05, 0) is 75.6 Å². The maximum atomic E-state index is 14.1. The average Bonchev–Trinajstić information content (AvgIpc) is 2.98. The quantitative estimate of drug-likeness (QED) is 0.352. The Bertz CT molecular complexity index is 1430. The molecule has 216 valence electrons. The second-order valence-electron chi connectivity index (χ2n) is 11.7. The highest BCUT2D eigenvalue weighted by molar-refractivity contribution is 6.31. The van der Waals surface area contributed by atoms with Crippen LogP contribution < -0.4 is 25.8 Å². The Morgan fingerprint density at radius 3 is 2.39 bits per heavy atom. The van der Waals surface area contributed by atoms with Gasteiger partial charge in [0.2, 0.25) is 11.8 Å². The van der Waals surface area contributed by atoms with Gasteiger partial charge in [-0.1, -0.05) is 53.6 Å². The molecule has 0 saturated heterocycles. The number of fused-ring (bicyclic) bond motifs is 1. The average molecular weight is 576 g/mol. The Kier molecular flexibility index (Phi) is 8.92. The Labute approximate surface area is 247 Å². The minimum atomic E-state index is -0.910. The van der Waals surface area contributed by atoms with E-state index in [-0.39, 0.29) is 24.3 Å². The van der Waals surface area contributed by atoms with Crippen molar-refractivity contribution < 1.29 is 14.4 Å². The van der Waals surface area contributed by atoms with Crippen molar-refractivity contribution in [2.45, 2.75) is 51.6 Å². The third-order valence-corrected chi connectivity index (χ3v) is 7.15. The first-order valence-electron chi connectivity index (χ1n) is 13.6. The molecule has 0 saturated carbocycles. The molecule has 0 aliphatic carbocycles. The number of anilines is 3. The minimum Gasteiger partial charge on any atom is -0.378 e. The molecule has 3 aromatic rings. The number of benzene rings is 3. The highest BCUT2D eigenvalue weighted by atomic mass is 35.5. The molecular weight excluding hydrogens is 538 g/mol. The number of halogens is 1. The second-order valence-corrected chi connectivity index (χ2v) is 12.2. The SMILES string of the molecule is Cc1ccc(C2CC(NC(=O)Nc3cccc(N(C)C)c3)C(=O)N(CC(=O)NC(C)(C)C)c3cc(Cl)ccc32)cc1. The third-order valence-electron chi connectivity index (χ3n) is 6.92. The van der Waals surface area contributed by atoms with E-state index in [1.54, 1.807) is 18.2 Å². The zero-order valence-electron chi connectivity index (χ0n) is 24.4. The van der Waals surface area contributed by atoms with Crippen molar-refractivity contribution in [3.63, 3.8) is 0 Å². The molecule has 3 N–H and O–H groups in total. The van der Waals surface area contributed by atoms with Gasteiger partial charge in [-0.2, -0.15) is 0 Å². The van der Waals surface area contributed by atoms with Crippen LogP contribution in [0.4, 0.5) is 21.9 Å². The molecule has 0 bridgehead atoms. The van der Waals surface area contributed by atoms with Gasteiger partial charge in [0.1, 0.15) is 12.6 Å². The summed E-state index contributed by atoms with van der Waals surface area (Å²) < 4.78 is 0. The van der Waals surface area contributed by atoms with Crippen LogP contribution in [0.1, 0.15) is 49.8 Å². The molecule has 0 fully saturated rings. The standard InChI is InChI=1S/C32H38ClN5O3/c1-20-10-12-21(13-11-20)26-18-27(35-31(41)34-23-8-7-9-24(17-23)37(5)6)30(40)38(19-29(39)36-32(2,3)4)28-16-22(33)14-15-25(26)28/h7-17,26-27H,18-19H2,1-6H3,(H,36,39)(H2,34,35,41). The van der Waals surface area contributed by atoms with Crippen LogP contribution in [0, 0.1) is 6.92 Å². The molecule has 2 atom stereocenters. The van der Waals surface area contributed by atoms with Crippen LogP contribution in [0.5, 0.6) is 0 Å². The van der Waals surface area contributed by atoms with Crippen molar-refractivity contribution >= 4 is 46.5 Å². The lowest BCUT2D eigenvalue weighted by Crippen LogP contribution is -2.53. The largest absolute Gasteiger partial charge is 0.378 e. The summed E-state index contributed by atoms with van der Waals surface area (Å²) in [5.74, 6) is -0.927. The molecule has 0 aromatic heterocycles. The summed E-state index contributed by atoms with van der Waals surface area (Å²) in [6, 6.07) is 19.5. The van der Waals surface area contributed by atoms with E-state index in [4.69, 9.17) is 11.6 Å². The predicted octanol–water partition coefficient (Wildman–Crippen LogP) is 5.69. The Balaban J connectivity index is 1.71. The van der Waals surface area contributed by atoms with Gasteiger partial charge in [-0.25, -0.2) is 4.79 Å². The van der Waals surface area contributed by atoms with Gasteiger partial charge in [0.05, 0.1) is 0 Å². The van der Waals surface area contributed by atoms with Gasteiger partial charge in [-0.3, -0.25) is 9.59 Å². The zero-order valence-corrected chi connectivity index (χ0v) is 25.2. The fourth-order valence-corrected chi connectivity index (χ4v) is 5.17. The summed E-state index contributed by atoms with van der Waals surface area (Å²) in [6.07, 6.45) is 0.305. The summed E-state index contributed by atoms with van der Waals surface area (Å²) in [5, 5.41) is 9.14. The number of rotatable bonds is 6. The van der Waals surface area contributed by atoms with Crippen molar-refractivity contribution in [2.75, 3.05) is 35.8 Å². The number of urea groups is 1. The third kappa shape index (κ3) is 7.58. The van der Waals surface area contributed by atoms with Gasteiger partial charge in [0.15, 0.2) is 0 Å². The maximum absolute atomic E-state index is 14.1. The van der Waals surface area contributed by atoms with Gasteiger partial charge in [-0.15, -0.1) is 0 Å². The molecule has 2 unspecified atom stereocenters. The number of nitrogens with one attached hydrogen (secondary N) is 3. The van der Waals surface area contributed by atoms with Crippen LogP contribution in [0.2, 0.25) is 5.02 Å². The second kappa shape index (κ2) is 12.2. The molecule has 0 spiro atoms. The summed E-state index contributed by atoms with van der Waals surface area (Å²) in [7, 11) is 3.84. The van der Waals surface area contributed by atoms with E-state index in [9.17, 15) is 14.4 Å². The van der Waals surface area contributed by atoms with E-state index in [0.29, 0.717) is 22.8 Å². The molecule has 8 nitrogen and oxygen atoms in total. The van der Waals surface area contributed by atoms with Gasteiger partial charge in [0.25, 0.3) is 0 Å². The van der Waals surface area contributed by atoms with E-state index in [1.807, 2.05) is 95.2 Å². The smallest absolute Gasteiger partial charge is 0.319 e. The molecule has 3 aromatic carbocycles. The number of carbonyl (C=O) groups is 3. The first kappa shape index (κ1) is 29.9. The van der Waals surface area contributed by atoms with Crippen LogP contribution in [-0.4, -0.2) is 50.1 Å². The minimum absolute atomic E-state index is 0.214. The lowest BCUT2D eigenvalue weighted by Gasteiger charge is -2.28. The summed E-state index contributed by atoms with van der Waals surface area (Å²) in [5.41, 5.74) is 4.58. The first-order valence-corrected chi connectivity index (χ1v) is 14.0. The molecule has 9 heteroatoms. The summed E-state index contributed by atoms with van der Waals surface area (Å²) in [6.45, 7) is 7.45. The molecule has 4 amide bonds. The number of amides is 4. The van der Waals surface area contributed by atoms with Crippen molar-refractivity contribution in [3.8, 4) is 0 Å². The number of hydrogen-bond acceptors (Lipinski definition) is 4. The monoisotopic (exact) mass is 575 g/mol. The van der Waals surface area contributed by atoms with Gasteiger partial charge in [0, 0.05) is 47.6 Å². The van der Waals surface area contributed by atoms with E-state index in [1.165, 1.54) is 4.90 Å². The molecule has 0 radical (unpaired) electrons. The molecule has 41 heavy (non-hydrogen) atoms. The maximum Gasteiger partial charge on any atom is 0.319 e. The van der Waals surface area contributed by atoms with Crippen molar-refractivity contribution in [1.29, 1.82) is 0 Å². The number of aryl methyl sites for hydroxylation is 1. The highest BCUT2D eigenvalue weighted by Crippen LogP contribution is 2.40. The fraction of sp³-hybridized carbons (Fsp3) is 0.344. The van der Waals surface area contributed by atoms with Crippen LogP contribution in [0.25, 0.3) is 0 Å². The molecule has 4 rings (SSSR count). The number of nitrogens with zero attached hydrogens (tertiary/aromatic N) is 2. The Hall–Kier alpha value is -4.04. The van der Waals surface area contributed by atoms with Crippen LogP contribution in [-0.2, 0) is 9.59 Å². The fourth-order valence-electron chi connectivity index (χ4n) is 5.00. The summed E-state index contributed by atoms with van der Waals surface area (Å²) >= 11 is 6.42. The van der Waals surface area contributed by atoms with Crippen molar-refractivity contribution in [2.24, 2.45) is 0 Å². The Morgan fingerprint density at radius 2 is 1.73 bits per heavy atom. The zero-order chi connectivity index (χ0) is 29.9. The lowest BCUT2D eigenvalue weighted by molar-refractivity contribution is -0.125. The van der Waals surface area contributed by atoms with E-state index in [2.05, 4.69) is 16.0 Å². The van der Waals surface area contributed by atoms with Gasteiger partial charge >= 0.3 is 6.03 Å². The van der Waals surface area contributed by atoms with Crippen LogP contribution >= 0.6 is 11.6 Å². The van der Waals surface area contributed by atoms with Crippen LogP contribution in [0.15, 0.2) is 66.7 Å². The number of carbonyl (C=O) groups excluding carboxylic acids is 3. The molecule has 1 aliphatic rings. The lowest BCUT2D eigenvalue weighted by atomic mass is 9.85. The topological polar surface area (TPSA) is 93.8 Å². The normalized spacial score (nSPS) is 16.9.